The van der Waals surface area contributed by atoms with Crippen molar-refractivity contribution in [3.05, 3.63) is 35.6 Å². The molecule has 25 heavy (non-hydrogen) atoms. The quantitative estimate of drug-likeness (QED) is 0.402. The molecule has 0 radical (unpaired) electrons. The highest BCUT2D eigenvalue weighted by molar-refractivity contribution is 14.0. The van der Waals surface area contributed by atoms with Gasteiger partial charge in [-0.25, -0.2) is 9.38 Å². The fourth-order valence-corrected chi connectivity index (χ4v) is 3.83. The number of likely N-dealkylation sites (tertiary alicyclic amines) is 1. The van der Waals surface area contributed by atoms with Gasteiger partial charge in [0.25, 0.3) is 0 Å². The fraction of sp³-hybridized carbons (Fsp3) is 0.632. The Morgan fingerprint density at radius 1 is 1.28 bits per heavy atom. The van der Waals surface area contributed by atoms with Crippen molar-refractivity contribution in [2.24, 2.45) is 4.99 Å². The van der Waals surface area contributed by atoms with Gasteiger partial charge in [-0.2, -0.15) is 0 Å². The van der Waals surface area contributed by atoms with E-state index in [0.29, 0.717) is 12.6 Å². The van der Waals surface area contributed by atoms with Gasteiger partial charge in [0.05, 0.1) is 6.54 Å². The van der Waals surface area contributed by atoms with Gasteiger partial charge < -0.3 is 10.6 Å². The van der Waals surface area contributed by atoms with Gasteiger partial charge in [-0.05, 0) is 43.9 Å². The summed E-state index contributed by atoms with van der Waals surface area (Å²) in [5.74, 6) is 0.628. The Hall–Kier alpha value is -0.890. The number of hydrogen-bond donors (Lipinski definition) is 2. The van der Waals surface area contributed by atoms with Crippen LogP contribution >= 0.6 is 24.0 Å². The number of nitrogens with zero attached hydrogens (tertiary/aromatic N) is 2. The molecule has 4 nitrogen and oxygen atoms in total. The lowest BCUT2D eigenvalue weighted by atomic mass is 10.2. The average molecular weight is 460 g/mol. The SMILES string of the molecule is CCNC(=NCc1cccc(F)c1)NC1CCN(C2CCCC2)C1.I. The lowest BCUT2D eigenvalue weighted by molar-refractivity contribution is 0.242. The molecular weight excluding hydrogens is 430 g/mol. The molecule has 1 aliphatic heterocycles. The molecule has 2 aliphatic rings. The van der Waals surface area contributed by atoms with Crippen LogP contribution in [0.25, 0.3) is 0 Å². The van der Waals surface area contributed by atoms with Gasteiger partial charge in [0.1, 0.15) is 5.82 Å². The Morgan fingerprint density at radius 3 is 2.80 bits per heavy atom. The van der Waals surface area contributed by atoms with Crippen molar-refractivity contribution < 1.29 is 4.39 Å². The van der Waals surface area contributed by atoms with E-state index in [4.69, 9.17) is 0 Å². The molecule has 1 atom stereocenters. The number of nitrogens with one attached hydrogen (secondary N) is 2. The first-order valence-electron chi connectivity index (χ1n) is 9.28. The molecule has 0 spiro atoms. The molecule has 1 saturated heterocycles. The van der Waals surface area contributed by atoms with E-state index in [-0.39, 0.29) is 29.8 Å². The third-order valence-corrected chi connectivity index (χ3v) is 5.05. The van der Waals surface area contributed by atoms with Crippen LogP contribution in [0.3, 0.4) is 0 Å². The molecule has 1 aromatic carbocycles. The van der Waals surface area contributed by atoms with Crippen molar-refractivity contribution in [1.29, 1.82) is 0 Å². The molecule has 1 saturated carbocycles. The molecule has 1 heterocycles. The Balaban J connectivity index is 0.00000225. The zero-order valence-electron chi connectivity index (χ0n) is 15.0. The number of halogens is 2. The highest BCUT2D eigenvalue weighted by Crippen LogP contribution is 2.26. The summed E-state index contributed by atoms with van der Waals surface area (Å²) in [6, 6.07) is 7.90. The Bertz CT molecular complexity index is 560. The Kier molecular flexibility index (Phi) is 8.42. The molecule has 2 N–H and O–H groups in total. The second kappa shape index (κ2) is 10.3. The van der Waals surface area contributed by atoms with Crippen molar-refractivity contribution in [1.82, 2.24) is 15.5 Å². The molecule has 3 rings (SSSR count). The number of aliphatic imine (C=N–C) groups is 1. The molecule has 1 aromatic rings. The second-order valence-corrected chi connectivity index (χ2v) is 6.89. The van der Waals surface area contributed by atoms with E-state index < -0.39 is 0 Å². The number of rotatable bonds is 5. The van der Waals surface area contributed by atoms with Crippen LogP contribution in [0, 0.1) is 5.82 Å². The van der Waals surface area contributed by atoms with E-state index in [1.807, 2.05) is 6.07 Å². The summed E-state index contributed by atoms with van der Waals surface area (Å²) in [7, 11) is 0. The lowest BCUT2D eigenvalue weighted by Crippen LogP contribution is -2.45. The van der Waals surface area contributed by atoms with Gasteiger partial charge in [0.15, 0.2) is 5.96 Å². The minimum Gasteiger partial charge on any atom is -0.357 e. The van der Waals surface area contributed by atoms with Crippen LogP contribution in [-0.4, -0.2) is 42.6 Å². The van der Waals surface area contributed by atoms with Crippen LogP contribution in [-0.2, 0) is 6.54 Å². The fourth-order valence-electron chi connectivity index (χ4n) is 3.83. The normalized spacial score (nSPS) is 22.0. The Morgan fingerprint density at radius 2 is 2.08 bits per heavy atom. The van der Waals surface area contributed by atoms with Gasteiger partial charge in [0.2, 0.25) is 0 Å². The summed E-state index contributed by atoms with van der Waals surface area (Å²) >= 11 is 0. The zero-order valence-corrected chi connectivity index (χ0v) is 17.3. The van der Waals surface area contributed by atoms with Gasteiger partial charge in [-0.15, -0.1) is 24.0 Å². The summed E-state index contributed by atoms with van der Waals surface area (Å²) in [5.41, 5.74) is 0.895. The summed E-state index contributed by atoms with van der Waals surface area (Å²) in [6.07, 6.45) is 6.66. The van der Waals surface area contributed by atoms with Crippen LogP contribution in [0.2, 0.25) is 0 Å². The van der Waals surface area contributed by atoms with Gasteiger partial charge in [-0.3, -0.25) is 4.90 Å². The van der Waals surface area contributed by atoms with Gasteiger partial charge in [-0.1, -0.05) is 25.0 Å². The van der Waals surface area contributed by atoms with Crippen LogP contribution < -0.4 is 10.6 Å². The predicted molar refractivity (Wildman–Crippen MR) is 112 cm³/mol. The minimum absolute atomic E-state index is 0. The summed E-state index contributed by atoms with van der Waals surface area (Å²) in [5, 5.41) is 6.86. The molecule has 1 unspecified atom stereocenters. The number of guanidine groups is 1. The lowest BCUT2D eigenvalue weighted by Gasteiger charge is -2.24. The standard InChI is InChI=1S/C19H29FN4.HI/c1-2-21-19(22-13-15-6-5-7-16(20)12-15)23-17-10-11-24(14-17)18-8-3-4-9-18;/h5-7,12,17-18H,2-4,8-11,13-14H2,1H3,(H2,21,22,23);1H. The van der Waals surface area contributed by atoms with E-state index in [1.54, 1.807) is 12.1 Å². The van der Waals surface area contributed by atoms with Crippen molar-refractivity contribution in [2.45, 2.75) is 57.7 Å². The van der Waals surface area contributed by atoms with E-state index in [1.165, 1.54) is 44.7 Å². The van der Waals surface area contributed by atoms with Gasteiger partial charge in [0, 0.05) is 31.7 Å². The molecule has 1 aliphatic carbocycles. The zero-order chi connectivity index (χ0) is 16.8. The first kappa shape index (κ1) is 20.4. The van der Waals surface area contributed by atoms with E-state index >= 15 is 0 Å². The van der Waals surface area contributed by atoms with Crippen LogP contribution in [0.1, 0.15) is 44.6 Å². The first-order chi connectivity index (χ1) is 11.7. The molecule has 2 fully saturated rings. The third-order valence-electron chi connectivity index (χ3n) is 5.05. The maximum absolute atomic E-state index is 13.3. The third kappa shape index (κ3) is 6.09. The van der Waals surface area contributed by atoms with Crippen LogP contribution in [0.15, 0.2) is 29.3 Å². The molecule has 0 amide bonds. The van der Waals surface area contributed by atoms with Gasteiger partial charge >= 0.3 is 0 Å². The van der Waals surface area contributed by atoms with Crippen molar-refractivity contribution >= 4 is 29.9 Å². The highest BCUT2D eigenvalue weighted by atomic mass is 127. The topological polar surface area (TPSA) is 39.7 Å². The molecular formula is C19H30FIN4. The summed E-state index contributed by atoms with van der Waals surface area (Å²) < 4.78 is 13.3. The van der Waals surface area contributed by atoms with Crippen molar-refractivity contribution in [3.63, 3.8) is 0 Å². The van der Waals surface area contributed by atoms with E-state index in [0.717, 1.165) is 30.7 Å². The summed E-state index contributed by atoms with van der Waals surface area (Å²) in [4.78, 5) is 7.26. The van der Waals surface area contributed by atoms with Crippen molar-refractivity contribution in [3.8, 4) is 0 Å². The monoisotopic (exact) mass is 460 g/mol. The molecule has 0 aromatic heterocycles. The maximum Gasteiger partial charge on any atom is 0.191 e. The van der Waals surface area contributed by atoms with Crippen LogP contribution in [0.5, 0.6) is 0 Å². The van der Waals surface area contributed by atoms with Crippen LogP contribution in [0.4, 0.5) is 4.39 Å². The predicted octanol–water partition coefficient (Wildman–Crippen LogP) is 3.52. The smallest absolute Gasteiger partial charge is 0.191 e. The van der Waals surface area contributed by atoms with E-state index in [2.05, 4.69) is 27.4 Å². The summed E-state index contributed by atoms with van der Waals surface area (Å²) in [6.45, 7) is 5.68. The second-order valence-electron chi connectivity index (χ2n) is 6.89. The first-order valence-corrected chi connectivity index (χ1v) is 9.28. The average Bonchev–Trinajstić information content (AvgIpc) is 3.24. The molecule has 0 bridgehead atoms. The number of hydrogen-bond acceptors (Lipinski definition) is 2. The Labute approximate surface area is 167 Å². The largest absolute Gasteiger partial charge is 0.357 e. The number of benzene rings is 1. The highest BCUT2D eigenvalue weighted by Gasteiger charge is 2.30. The molecule has 140 valence electrons. The maximum atomic E-state index is 13.3. The van der Waals surface area contributed by atoms with E-state index in [9.17, 15) is 4.39 Å². The minimum atomic E-state index is -0.205. The molecule has 6 heteroatoms. The van der Waals surface area contributed by atoms with Crippen molar-refractivity contribution in [2.75, 3.05) is 19.6 Å².